The standard InChI is InChI=1S/C40H32F2N8O4/c1-43-34-9-5-7-31(38(34)42)35-23-50-40(46-36(47-50)18-32-30(6-4-8-33(32)41)27-19-44-49(22-27)24-37(51)52)39(45-35)48(20-25-10-14-28(53-2)15-11-25)21-26-12-16-29(54-3)17-13-26/h4-17,19,22-23H,18,20-21,24H2,2-3H3,(H,51,52). The Labute approximate surface area is 308 Å². The van der Waals surface area contributed by atoms with Crippen molar-refractivity contribution in [3.63, 3.8) is 0 Å². The average molecular weight is 727 g/mol. The number of methoxy groups -OCH3 is 2. The molecule has 7 rings (SSSR count). The molecule has 0 aliphatic rings. The van der Waals surface area contributed by atoms with Gasteiger partial charge in [-0.05, 0) is 47.0 Å². The van der Waals surface area contributed by atoms with Gasteiger partial charge in [-0.3, -0.25) is 9.48 Å². The van der Waals surface area contributed by atoms with Gasteiger partial charge < -0.3 is 19.5 Å². The number of carboxylic acid groups (broad SMARTS) is 1. The molecule has 4 aromatic carbocycles. The minimum atomic E-state index is -1.06. The number of aromatic nitrogens is 6. The minimum absolute atomic E-state index is 0.0406. The van der Waals surface area contributed by atoms with Gasteiger partial charge in [-0.2, -0.15) is 10.2 Å². The first-order valence-corrected chi connectivity index (χ1v) is 16.7. The fourth-order valence-electron chi connectivity index (χ4n) is 6.14. The first-order chi connectivity index (χ1) is 26.2. The zero-order valence-electron chi connectivity index (χ0n) is 29.1. The van der Waals surface area contributed by atoms with E-state index >= 15 is 8.78 Å². The van der Waals surface area contributed by atoms with Crippen LogP contribution in [0.4, 0.5) is 20.3 Å². The zero-order chi connectivity index (χ0) is 37.8. The van der Waals surface area contributed by atoms with Gasteiger partial charge in [0.1, 0.15) is 29.7 Å². The number of nitrogens with zero attached hydrogens (tertiary/aromatic N) is 8. The van der Waals surface area contributed by atoms with Gasteiger partial charge in [0.25, 0.3) is 0 Å². The van der Waals surface area contributed by atoms with Gasteiger partial charge in [0.05, 0.1) is 38.9 Å². The lowest BCUT2D eigenvalue weighted by atomic mass is 9.99. The highest BCUT2D eigenvalue weighted by Crippen LogP contribution is 2.33. The fraction of sp³-hybridized carbons (Fsp3) is 0.150. The van der Waals surface area contributed by atoms with Crippen LogP contribution in [0.25, 0.3) is 32.9 Å². The van der Waals surface area contributed by atoms with Gasteiger partial charge in [0.2, 0.25) is 5.69 Å². The summed E-state index contributed by atoms with van der Waals surface area (Å²) < 4.78 is 44.8. The molecule has 1 N–H and O–H groups in total. The number of ether oxygens (including phenoxy) is 2. The third-order valence-corrected chi connectivity index (χ3v) is 8.78. The third kappa shape index (κ3) is 7.42. The highest BCUT2D eigenvalue weighted by atomic mass is 19.1. The Balaban J connectivity index is 1.37. The van der Waals surface area contributed by atoms with E-state index in [1.54, 1.807) is 50.9 Å². The topological polar surface area (TPSA) is 124 Å². The van der Waals surface area contributed by atoms with Crippen molar-refractivity contribution in [2.45, 2.75) is 26.1 Å². The summed E-state index contributed by atoms with van der Waals surface area (Å²) in [6.07, 6.45) is 4.52. The molecule has 0 atom stereocenters. The summed E-state index contributed by atoms with van der Waals surface area (Å²) in [6.45, 7) is 7.84. The molecule has 0 saturated heterocycles. The summed E-state index contributed by atoms with van der Waals surface area (Å²) in [7, 11) is 3.19. The normalized spacial score (nSPS) is 11.0. The van der Waals surface area contributed by atoms with Crippen LogP contribution in [0.5, 0.6) is 11.5 Å². The number of benzene rings is 4. The molecule has 270 valence electrons. The van der Waals surface area contributed by atoms with Crippen molar-refractivity contribution >= 4 is 23.1 Å². The predicted molar refractivity (Wildman–Crippen MR) is 196 cm³/mol. The maximum absolute atomic E-state index is 15.7. The molecule has 14 heteroatoms. The number of fused-ring (bicyclic) bond motifs is 1. The summed E-state index contributed by atoms with van der Waals surface area (Å²) in [5.74, 6) is -0.269. The monoisotopic (exact) mass is 726 g/mol. The second kappa shape index (κ2) is 15.2. The van der Waals surface area contributed by atoms with E-state index in [-0.39, 0.29) is 41.3 Å². The average Bonchev–Trinajstić information content (AvgIpc) is 3.82. The maximum Gasteiger partial charge on any atom is 0.325 e. The van der Waals surface area contributed by atoms with Crippen molar-refractivity contribution in [1.29, 1.82) is 0 Å². The van der Waals surface area contributed by atoms with Crippen molar-refractivity contribution < 1.29 is 28.2 Å². The van der Waals surface area contributed by atoms with E-state index in [1.807, 2.05) is 53.4 Å². The van der Waals surface area contributed by atoms with E-state index in [1.165, 1.54) is 27.5 Å². The first kappa shape index (κ1) is 35.3. The Kier molecular flexibility index (Phi) is 9.94. The largest absolute Gasteiger partial charge is 0.497 e. The molecule has 0 saturated carbocycles. The van der Waals surface area contributed by atoms with E-state index in [9.17, 15) is 9.90 Å². The molecule has 12 nitrogen and oxygen atoms in total. The molecule has 3 heterocycles. The summed E-state index contributed by atoms with van der Waals surface area (Å²) in [4.78, 5) is 26.4. The number of carbonyl (C=O) groups is 1. The number of hydrogen-bond acceptors (Lipinski definition) is 8. The molecule has 0 spiro atoms. The highest BCUT2D eigenvalue weighted by molar-refractivity contribution is 5.73. The number of carboxylic acids is 1. The van der Waals surface area contributed by atoms with Gasteiger partial charge in [-0.15, -0.1) is 0 Å². The molecule has 54 heavy (non-hydrogen) atoms. The fourth-order valence-corrected chi connectivity index (χ4v) is 6.14. The van der Waals surface area contributed by atoms with Gasteiger partial charge in [0, 0.05) is 42.4 Å². The molecule has 0 amide bonds. The first-order valence-electron chi connectivity index (χ1n) is 16.7. The van der Waals surface area contributed by atoms with Gasteiger partial charge in [-0.25, -0.2) is 28.1 Å². The van der Waals surface area contributed by atoms with Crippen molar-refractivity contribution in [3.05, 3.63) is 149 Å². The zero-order valence-corrected chi connectivity index (χ0v) is 29.1. The third-order valence-electron chi connectivity index (χ3n) is 8.78. The van der Waals surface area contributed by atoms with Gasteiger partial charge in [-0.1, -0.05) is 54.6 Å². The minimum Gasteiger partial charge on any atom is -0.497 e. The van der Waals surface area contributed by atoms with E-state index in [2.05, 4.69) is 9.94 Å². The molecule has 0 radical (unpaired) electrons. The Bertz CT molecular complexity index is 2460. The smallest absolute Gasteiger partial charge is 0.325 e. The van der Waals surface area contributed by atoms with Crippen LogP contribution in [-0.2, 0) is 30.8 Å². The quantitative estimate of drug-likeness (QED) is 0.121. The SMILES string of the molecule is [C-]#[N+]c1cccc(-c2cn3nc(Cc4c(F)cccc4-c4cnn(CC(=O)O)c4)nc3c(N(Cc3ccc(OC)cc3)Cc3ccc(OC)cc3)n2)c1F. The van der Waals surface area contributed by atoms with E-state index < -0.39 is 17.6 Å². The highest BCUT2D eigenvalue weighted by Gasteiger charge is 2.23. The van der Waals surface area contributed by atoms with Crippen LogP contribution >= 0.6 is 0 Å². The van der Waals surface area contributed by atoms with Gasteiger partial charge >= 0.3 is 5.97 Å². The van der Waals surface area contributed by atoms with Crippen molar-refractivity contribution in [3.8, 4) is 33.9 Å². The van der Waals surface area contributed by atoms with E-state index in [0.717, 1.165) is 11.1 Å². The number of rotatable bonds is 13. The summed E-state index contributed by atoms with van der Waals surface area (Å²) >= 11 is 0. The van der Waals surface area contributed by atoms with E-state index in [4.69, 9.17) is 31.1 Å². The van der Waals surface area contributed by atoms with Crippen molar-refractivity contribution in [2.75, 3.05) is 19.1 Å². The van der Waals surface area contributed by atoms with Crippen LogP contribution in [0, 0.1) is 18.2 Å². The lowest BCUT2D eigenvalue weighted by molar-refractivity contribution is -0.137. The predicted octanol–water partition coefficient (Wildman–Crippen LogP) is 7.38. The maximum atomic E-state index is 15.7. The van der Waals surface area contributed by atoms with Gasteiger partial charge in [0.15, 0.2) is 17.3 Å². The second-order valence-electron chi connectivity index (χ2n) is 12.3. The Morgan fingerprint density at radius 2 is 1.52 bits per heavy atom. The molecule has 0 aliphatic carbocycles. The molecule has 0 bridgehead atoms. The number of aliphatic carboxylic acids is 1. The van der Waals surface area contributed by atoms with Crippen LogP contribution in [0.1, 0.15) is 22.5 Å². The Hall–Kier alpha value is -7.14. The summed E-state index contributed by atoms with van der Waals surface area (Å²) in [5, 5.41) is 18.1. The van der Waals surface area contributed by atoms with E-state index in [0.29, 0.717) is 47.2 Å². The van der Waals surface area contributed by atoms with Crippen molar-refractivity contribution in [2.24, 2.45) is 0 Å². The van der Waals surface area contributed by atoms with Crippen LogP contribution < -0.4 is 14.4 Å². The molecular formula is C40H32F2N8O4. The summed E-state index contributed by atoms with van der Waals surface area (Å²) in [5.41, 5.74) is 3.66. The molecule has 3 aromatic heterocycles. The lowest BCUT2D eigenvalue weighted by Crippen LogP contribution is -2.24. The molecular weight excluding hydrogens is 694 g/mol. The van der Waals surface area contributed by atoms with Crippen LogP contribution in [0.2, 0.25) is 0 Å². The molecule has 7 aromatic rings. The summed E-state index contributed by atoms with van der Waals surface area (Å²) in [6, 6.07) is 24.3. The molecule has 0 fully saturated rings. The van der Waals surface area contributed by atoms with Crippen LogP contribution in [-0.4, -0.2) is 54.7 Å². The van der Waals surface area contributed by atoms with Crippen LogP contribution in [0.15, 0.2) is 104 Å². The lowest BCUT2D eigenvalue weighted by Gasteiger charge is -2.25. The molecule has 0 aliphatic heterocycles. The number of anilines is 1. The number of hydrogen-bond donors (Lipinski definition) is 1. The van der Waals surface area contributed by atoms with Crippen molar-refractivity contribution in [1.82, 2.24) is 29.4 Å². The molecule has 0 unspecified atom stereocenters. The second-order valence-corrected chi connectivity index (χ2v) is 12.3. The Morgan fingerprint density at radius 3 is 2.15 bits per heavy atom. The number of halogens is 2. The Morgan fingerprint density at radius 1 is 0.870 bits per heavy atom. The van der Waals surface area contributed by atoms with Crippen LogP contribution in [0.3, 0.4) is 0 Å².